The molecule has 6 heterocycles. The van der Waals surface area contributed by atoms with Crippen LogP contribution in [-0.4, -0.2) is 96.2 Å². The molecule has 15 nitrogen and oxygen atoms in total. The maximum atomic E-state index is 14.5. The van der Waals surface area contributed by atoms with E-state index in [9.17, 15) is 23.5 Å². The Bertz CT molecular complexity index is 2940. The molecule has 0 fully saturated rings. The number of benzene rings is 2. The van der Waals surface area contributed by atoms with Gasteiger partial charge in [0.15, 0.2) is 17.6 Å². The number of nitrogens with one attached hydrogen (secondary N) is 2. The number of hydrogen-bond acceptors (Lipinski definition) is 10. The van der Waals surface area contributed by atoms with Gasteiger partial charge in [-0.15, -0.1) is 0 Å². The van der Waals surface area contributed by atoms with Gasteiger partial charge in [-0.05, 0) is 36.4 Å². The number of nitrogens with zero attached hydrogens (tertiary/aromatic N) is 8. The number of rotatable bonds is 14. The Balaban J connectivity index is 0.000000184. The van der Waals surface area contributed by atoms with Gasteiger partial charge < -0.3 is 23.7 Å². The van der Waals surface area contributed by atoms with Crippen molar-refractivity contribution in [2.24, 2.45) is 0 Å². The first-order chi connectivity index (χ1) is 28.9. The number of halogens is 4. The molecule has 0 aliphatic heterocycles. The lowest BCUT2D eigenvalue weighted by molar-refractivity contribution is 0.0695. The van der Waals surface area contributed by atoms with Gasteiger partial charge in [0, 0.05) is 51.8 Å². The normalized spacial score (nSPS) is 12.2. The van der Waals surface area contributed by atoms with Crippen molar-refractivity contribution in [2.75, 3.05) is 13.2 Å². The number of aromatic carboxylic acids is 1. The van der Waals surface area contributed by atoms with Crippen LogP contribution in [-0.2, 0) is 22.9 Å². The topological polar surface area (TPSA) is 192 Å². The van der Waals surface area contributed by atoms with E-state index in [-0.39, 0.29) is 56.7 Å². The fraction of sp³-hybridized carbons (Fsp3) is 0.300. The van der Waals surface area contributed by atoms with Crippen molar-refractivity contribution in [1.82, 2.24) is 49.5 Å². The Morgan fingerprint density at radius 2 is 1.21 bits per heavy atom. The first kappa shape index (κ1) is 43.6. The van der Waals surface area contributed by atoms with Crippen LogP contribution in [0.2, 0.25) is 61.4 Å². The monoisotopic (exact) mass is 906 g/mol. The molecule has 0 amide bonds. The molecule has 0 radical (unpaired) electrons. The summed E-state index contributed by atoms with van der Waals surface area (Å²) in [6.45, 7) is 15.3. The molecule has 21 heteroatoms. The summed E-state index contributed by atoms with van der Waals surface area (Å²) >= 11 is 11.8. The molecule has 318 valence electrons. The molecule has 61 heavy (non-hydrogen) atoms. The summed E-state index contributed by atoms with van der Waals surface area (Å²) in [6.07, 6.45) is 6.80. The molecule has 8 aromatic rings. The number of H-pyrrole nitrogens is 2. The minimum absolute atomic E-state index is 0.0125. The average Bonchev–Trinajstić information content (AvgIpc) is 3.97. The number of carboxylic acid groups (broad SMARTS) is 1. The van der Waals surface area contributed by atoms with E-state index in [4.69, 9.17) is 32.7 Å². The maximum Gasteiger partial charge on any atom is 0.339 e. The smallest absolute Gasteiger partial charge is 0.339 e. The molecule has 0 bridgehead atoms. The highest BCUT2D eigenvalue weighted by atomic mass is 35.5. The Morgan fingerprint density at radius 1 is 0.754 bits per heavy atom. The van der Waals surface area contributed by atoms with Crippen molar-refractivity contribution in [1.29, 1.82) is 0 Å². The Labute approximate surface area is 359 Å². The molecule has 0 aliphatic carbocycles. The van der Waals surface area contributed by atoms with Crippen LogP contribution in [0, 0.1) is 11.6 Å². The molecular formula is C40H42Cl2F2N10O5Si2. The zero-order valence-corrected chi connectivity index (χ0v) is 37.6. The predicted molar refractivity (Wildman–Crippen MR) is 236 cm³/mol. The van der Waals surface area contributed by atoms with Gasteiger partial charge in [-0.3, -0.25) is 15.0 Å². The first-order valence-corrected chi connectivity index (χ1v) is 27.3. The second-order valence-electron chi connectivity index (χ2n) is 16.8. The number of aromatic amines is 2. The third-order valence-corrected chi connectivity index (χ3v) is 13.5. The van der Waals surface area contributed by atoms with Gasteiger partial charge in [-0.1, -0.05) is 62.5 Å². The minimum atomic E-state index is -1.24. The molecule has 0 aliphatic rings. The van der Waals surface area contributed by atoms with Gasteiger partial charge in [0.05, 0.1) is 39.8 Å². The van der Waals surface area contributed by atoms with E-state index < -0.39 is 33.8 Å². The summed E-state index contributed by atoms with van der Waals surface area (Å²) in [6, 6.07) is 7.60. The molecular weight excluding hydrogens is 866 g/mol. The highest BCUT2D eigenvalue weighted by molar-refractivity contribution is 6.76. The van der Waals surface area contributed by atoms with Crippen LogP contribution in [0.1, 0.15) is 20.7 Å². The van der Waals surface area contributed by atoms with Crippen molar-refractivity contribution in [3.63, 3.8) is 0 Å². The molecule has 0 atom stereocenters. The number of carbonyl (C=O) groups is 2. The standard InChI is InChI=1S/C20H21ClFN5O3Si.C20H21ClFN5O2Si/c1-31(2,3)5-4-30-10-27-9-12(20(28)29)17-19(27)23-8-15(24-17)18-16-13(22)6-11(21)7-14(16)25-26-18;1-30(2,3)5-4-29-11-27-9-12(10-28)18-20(27)23-8-16(24-18)19-17-14(22)6-13(21)7-15(17)25-26-19/h6-9H,4-5,10H2,1-3H3,(H,25,26)(H,28,29);6-10H,4-5,11H2,1-3H3,(H,25,26). The van der Waals surface area contributed by atoms with Gasteiger partial charge >= 0.3 is 5.97 Å². The molecule has 6 aromatic heterocycles. The summed E-state index contributed by atoms with van der Waals surface area (Å²) in [5.74, 6) is -2.20. The second-order valence-corrected chi connectivity index (χ2v) is 28.9. The highest BCUT2D eigenvalue weighted by Gasteiger charge is 2.22. The number of aromatic nitrogens is 10. The fourth-order valence-corrected chi connectivity index (χ4v) is 8.32. The number of fused-ring (bicyclic) bond motifs is 4. The molecule has 8 rings (SSSR count). The van der Waals surface area contributed by atoms with Crippen LogP contribution in [0.5, 0.6) is 0 Å². The van der Waals surface area contributed by atoms with E-state index in [1.54, 1.807) is 27.5 Å². The third kappa shape index (κ3) is 9.71. The van der Waals surface area contributed by atoms with Gasteiger partial charge in [0.25, 0.3) is 0 Å². The van der Waals surface area contributed by atoms with E-state index in [0.717, 1.165) is 18.4 Å². The highest BCUT2D eigenvalue weighted by Crippen LogP contribution is 2.33. The minimum Gasteiger partial charge on any atom is -0.478 e. The SMILES string of the molecule is C[Si](C)(C)CCOCn1cc(C(=O)O)c2nc(-c3n[nH]c4cc(Cl)cc(F)c34)cnc21.C[Si](C)(C)CCOCn1cc(C=O)c2nc(-c3n[nH]c4cc(Cl)cc(F)c34)cnc21. The largest absolute Gasteiger partial charge is 0.478 e. The van der Waals surface area contributed by atoms with E-state index in [2.05, 4.69) is 79.6 Å². The van der Waals surface area contributed by atoms with E-state index >= 15 is 0 Å². The summed E-state index contributed by atoms with van der Waals surface area (Å²) in [5, 5.41) is 24.4. The second kappa shape index (κ2) is 17.5. The van der Waals surface area contributed by atoms with Gasteiger partial charge in [-0.2, -0.15) is 10.2 Å². The van der Waals surface area contributed by atoms with E-state index in [1.807, 2.05) is 0 Å². The number of ether oxygens (including phenoxy) is 2. The first-order valence-electron chi connectivity index (χ1n) is 19.1. The van der Waals surface area contributed by atoms with Crippen molar-refractivity contribution >= 4 is 95.7 Å². The third-order valence-electron chi connectivity index (χ3n) is 9.61. The molecule has 0 unspecified atom stereocenters. The number of carbonyl (C=O) groups excluding carboxylic acids is 1. The molecule has 3 N–H and O–H groups in total. The number of hydrogen-bond donors (Lipinski definition) is 3. The zero-order chi connectivity index (χ0) is 43.8. The van der Waals surface area contributed by atoms with Gasteiger partial charge in [0.1, 0.15) is 64.5 Å². The van der Waals surface area contributed by atoms with E-state index in [1.165, 1.54) is 30.7 Å². The summed E-state index contributed by atoms with van der Waals surface area (Å²) < 4.78 is 43.9. The summed E-state index contributed by atoms with van der Waals surface area (Å²) in [5.41, 5.74) is 3.89. The van der Waals surface area contributed by atoms with Crippen LogP contribution >= 0.6 is 23.2 Å². The van der Waals surface area contributed by atoms with Crippen LogP contribution < -0.4 is 0 Å². The van der Waals surface area contributed by atoms with Gasteiger partial charge in [0.2, 0.25) is 0 Å². The van der Waals surface area contributed by atoms with E-state index in [0.29, 0.717) is 58.0 Å². The van der Waals surface area contributed by atoms with Crippen LogP contribution in [0.15, 0.2) is 49.1 Å². The average molecular weight is 908 g/mol. The number of aldehydes is 1. The van der Waals surface area contributed by atoms with Gasteiger partial charge in [-0.25, -0.2) is 33.5 Å². The molecule has 2 aromatic carbocycles. The Kier molecular flexibility index (Phi) is 12.5. The van der Waals surface area contributed by atoms with Crippen molar-refractivity contribution in [2.45, 2.75) is 64.8 Å². The molecule has 0 spiro atoms. The lowest BCUT2D eigenvalue weighted by atomic mass is 10.1. The Morgan fingerprint density at radius 3 is 1.67 bits per heavy atom. The van der Waals surface area contributed by atoms with Crippen molar-refractivity contribution in [3.8, 4) is 22.8 Å². The Hall–Kier alpha value is -5.45. The summed E-state index contributed by atoms with van der Waals surface area (Å²) in [4.78, 5) is 41.2. The predicted octanol–water partition coefficient (Wildman–Crippen LogP) is 9.67. The lowest BCUT2D eigenvalue weighted by Gasteiger charge is -2.15. The zero-order valence-electron chi connectivity index (χ0n) is 34.1. The number of carboxylic acids is 1. The molecule has 0 saturated carbocycles. The van der Waals surface area contributed by atoms with Crippen LogP contribution in [0.3, 0.4) is 0 Å². The van der Waals surface area contributed by atoms with Crippen molar-refractivity contribution < 1.29 is 33.0 Å². The van der Waals surface area contributed by atoms with Crippen LogP contribution in [0.25, 0.3) is 66.9 Å². The fourth-order valence-electron chi connectivity index (χ4n) is 6.40. The lowest BCUT2D eigenvalue weighted by Crippen LogP contribution is -2.22. The van der Waals surface area contributed by atoms with Crippen molar-refractivity contribution in [3.05, 3.63) is 81.9 Å². The quantitative estimate of drug-likeness (QED) is 0.0535. The summed E-state index contributed by atoms with van der Waals surface area (Å²) in [7, 11) is -2.42. The molecule has 0 saturated heterocycles. The maximum absolute atomic E-state index is 14.5. The van der Waals surface area contributed by atoms with Crippen LogP contribution in [0.4, 0.5) is 8.78 Å².